The Kier molecular flexibility index (Phi) is 5.24. The minimum absolute atomic E-state index is 0.0274. The molecule has 0 radical (unpaired) electrons. The van der Waals surface area contributed by atoms with Crippen molar-refractivity contribution < 1.29 is 4.92 Å². The third-order valence-electron chi connectivity index (χ3n) is 3.04. The zero-order valence-electron chi connectivity index (χ0n) is 11.4. The highest BCUT2D eigenvalue weighted by Crippen LogP contribution is 2.23. The molecule has 0 unspecified atom stereocenters. The van der Waals surface area contributed by atoms with Gasteiger partial charge < -0.3 is 5.73 Å². The van der Waals surface area contributed by atoms with E-state index in [0.29, 0.717) is 17.1 Å². The monoisotopic (exact) mass is 309 g/mol. The van der Waals surface area contributed by atoms with E-state index >= 15 is 0 Å². The summed E-state index contributed by atoms with van der Waals surface area (Å²) in [6.45, 7) is 0.920. The number of nitro groups is 1. The summed E-state index contributed by atoms with van der Waals surface area (Å²) in [5, 5.41) is 19.5. The van der Waals surface area contributed by atoms with Crippen molar-refractivity contribution in [3.63, 3.8) is 0 Å². The Morgan fingerprint density at radius 2 is 2.19 bits per heavy atom. The average Bonchev–Trinajstić information content (AvgIpc) is 2.86. The number of hydrogen-bond donors (Lipinski definition) is 1. The van der Waals surface area contributed by atoms with E-state index in [1.807, 2.05) is 0 Å². The standard InChI is InChI=1S/C13H16ClN5O2/c14-11-4-5-13(19(20)21)10(7-11)8-18-9-12(16-17-18)3-1-2-6-15/h4-5,7,9H,1-3,6,8,15H2. The fraction of sp³-hybridized carbons (Fsp3) is 0.385. The molecule has 2 aromatic rings. The number of unbranched alkanes of at least 4 members (excludes halogenated alkanes) is 1. The van der Waals surface area contributed by atoms with Crippen LogP contribution in [0.25, 0.3) is 0 Å². The number of halogens is 1. The molecule has 0 aliphatic heterocycles. The summed E-state index contributed by atoms with van der Waals surface area (Å²) in [5.74, 6) is 0. The van der Waals surface area contributed by atoms with E-state index in [0.717, 1.165) is 25.0 Å². The molecule has 0 spiro atoms. The lowest BCUT2D eigenvalue weighted by Crippen LogP contribution is -2.04. The van der Waals surface area contributed by atoms with Crippen LogP contribution in [0.3, 0.4) is 0 Å². The first-order chi connectivity index (χ1) is 10.1. The predicted molar refractivity (Wildman–Crippen MR) is 79.2 cm³/mol. The lowest BCUT2D eigenvalue weighted by atomic mass is 10.2. The van der Waals surface area contributed by atoms with E-state index in [1.54, 1.807) is 16.9 Å². The molecular formula is C13H16ClN5O2. The van der Waals surface area contributed by atoms with Crippen LogP contribution >= 0.6 is 11.6 Å². The molecule has 0 atom stereocenters. The van der Waals surface area contributed by atoms with Gasteiger partial charge in [-0.25, -0.2) is 4.68 Å². The van der Waals surface area contributed by atoms with Crippen molar-refractivity contribution in [2.75, 3.05) is 6.54 Å². The van der Waals surface area contributed by atoms with Crippen LogP contribution in [0.1, 0.15) is 24.1 Å². The molecule has 0 fully saturated rings. The van der Waals surface area contributed by atoms with Gasteiger partial charge in [0.05, 0.1) is 22.7 Å². The normalized spacial score (nSPS) is 10.8. The number of hydrogen-bond acceptors (Lipinski definition) is 5. The molecule has 7 nitrogen and oxygen atoms in total. The minimum atomic E-state index is -0.426. The maximum Gasteiger partial charge on any atom is 0.274 e. The summed E-state index contributed by atoms with van der Waals surface area (Å²) in [7, 11) is 0. The van der Waals surface area contributed by atoms with Crippen molar-refractivity contribution in [2.45, 2.75) is 25.8 Å². The summed E-state index contributed by atoms with van der Waals surface area (Å²) in [6, 6.07) is 4.48. The molecule has 0 bridgehead atoms. The number of aryl methyl sites for hydroxylation is 1. The van der Waals surface area contributed by atoms with Gasteiger partial charge in [0.2, 0.25) is 0 Å². The first-order valence-corrected chi connectivity index (χ1v) is 7.00. The largest absolute Gasteiger partial charge is 0.330 e. The van der Waals surface area contributed by atoms with Gasteiger partial charge in [-0.1, -0.05) is 16.8 Å². The zero-order valence-corrected chi connectivity index (χ0v) is 12.2. The van der Waals surface area contributed by atoms with Crippen LogP contribution in [0.2, 0.25) is 5.02 Å². The molecule has 21 heavy (non-hydrogen) atoms. The molecule has 112 valence electrons. The Balaban J connectivity index is 2.11. The van der Waals surface area contributed by atoms with Crippen LogP contribution in [-0.2, 0) is 13.0 Å². The molecule has 1 aromatic carbocycles. The summed E-state index contributed by atoms with van der Waals surface area (Å²) >= 11 is 5.90. The van der Waals surface area contributed by atoms with E-state index in [4.69, 9.17) is 17.3 Å². The van der Waals surface area contributed by atoms with Gasteiger partial charge in [-0.15, -0.1) is 5.10 Å². The van der Waals surface area contributed by atoms with Crippen LogP contribution in [0.5, 0.6) is 0 Å². The maximum atomic E-state index is 11.0. The second-order valence-electron chi connectivity index (χ2n) is 4.68. The SMILES string of the molecule is NCCCCc1cn(Cc2cc(Cl)ccc2[N+](=O)[O-])nn1. The molecule has 2 N–H and O–H groups in total. The second kappa shape index (κ2) is 7.14. The topological polar surface area (TPSA) is 99.9 Å². The smallest absolute Gasteiger partial charge is 0.274 e. The second-order valence-corrected chi connectivity index (χ2v) is 5.12. The number of nitrogens with two attached hydrogens (primary N) is 1. The highest BCUT2D eigenvalue weighted by molar-refractivity contribution is 6.30. The number of benzene rings is 1. The molecule has 1 aromatic heterocycles. The molecule has 0 amide bonds. The third kappa shape index (κ3) is 4.24. The van der Waals surface area contributed by atoms with Crippen molar-refractivity contribution in [3.05, 3.63) is 50.8 Å². The molecular weight excluding hydrogens is 294 g/mol. The summed E-state index contributed by atoms with van der Waals surface area (Å²) in [6.07, 6.45) is 4.48. The van der Waals surface area contributed by atoms with Crippen LogP contribution in [0.4, 0.5) is 5.69 Å². The Morgan fingerprint density at radius 3 is 2.90 bits per heavy atom. The molecule has 0 saturated heterocycles. The fourth-order valence-corrected chi connectivity index (χ4v) is 2.21. The van der Waals surface area contributed by atoms with Gasteiger partial charge in [-0.2, -0.15) is 0 Å². The van der Waals surface area contributed by atoms with Gasteiger partial charge >= 0.3 is 0 Å². The van der Waals surface area contributed by atoms with Crippen molar-refractivity contribution in [1.82, 2.24) is 15.0 Å². The van der Waals surface area contributed by atoms with Crippen LogP contribution in [-0.4, -0.2) is 26.5 Å². The lowest BCUT2D eigenvalue weighted by molar-refractivity contribution is -0.385. The first-order valence-electron chi connectivity index (χ1n) is 6.62. The summed E-state index contributed by atoms with van der Waals surface area (Å²) in [5.41, 5.74) is 6.83. The van der Waals surface area contributed by atoms with Crippen molar-refractivity contribution in [2.24, 2.45) is 5.73 Å². The highest BCUT2D eigenvalue weighted by Gasteiger charge is 2.15. The van der Waals surface area contributed by atoms with Gasteiger partial charge in [0.1, 0.15) is 0 Å². The van der Waals surface area contributed by atoms with E-state index < -0.39 is 4.92 Å². The summed E-state index contributed by atoms with van der Waals surface area (Å²) in [4.78, 5) is 10.6. The van der Waals surface area contributed by atoms with E-state index in [9.17, 15) is 10.1 Å². The number of nitro benzene ring substituents is 1. The third-order valence-corrected chi connectivity index (χ3v) is 3.28. The Morgan fingerprint density at radius 1 is 1.38 bits per heavy atom. The van der Waals surface area contributed by atoms with Crippen molar-refractivity contribution >= 4 is 17.3 Å². The Hall–Kier alpha value is -1.99. The van der Waals surface area contributed by atoms with Gasteiger partial charge in [0, 0.05) is 17.3 Å². The van der Waals surface area contributed by atoms with Crippen molar-refractivity contribution in [3.8, 4) is 0 Å². The highest BCUT2D eigenvalue weighted by atomic mass is 35.5. The molecule has 1 heterocycles. The molecule has 0 aliphatic rings. The average molecular weight is 310 g/mol. The Bertz CT molecular complexity index is 629. The minimum Gasteiger partial charge on any atom is -0.330 e. The Labute approximate surface area is 126 Å². The maximum absolute atomic E-state index is 11.0. The van der Waals surface area contributed by atoms with Crippen LogP contribution in [0.15, 0.2) is 24.4 Å². The predicted octanol–water partition coefficient (Wildman–Crippen LogP) is 2.17. The quantitative estimate of drug-likeness (QED) is 0.480. The number of rotatable bonds is 7. The van der Waals surface area contributed by atoms with Gasteiger partial charge in [-0.05, 0) is 37.9 Å². The number of aromatic nitrogens is 3. The zero-order chi connectivity index (χ0) is 15.2. The molecule has 2 rings (SSSR count). The van der Waals surface area contributed by atoms with E-state index in [-0.39, 0.29) is 12.2 Å². The van der Waals surface area contributed by atoms with E-state index in [2.05, 4.69) is 10.3 Å². The van der Waals surface area contributed by atoms with Crippen molar-refractivity contribution in [1.29, 1.82) is 0 Å². The lowest BCUT2D eigenvalue weighted by Gasteiger charge is -2.03. The van der Waals surface area contributed by atoms with E-state index in [1.165, 1.54) is 12.1 Å². The molecule has 8 heteroatoms. The first kappa shape index (κ1) is 15.4. The van der Waals surface area contributed by atoms with Gasteiger partial charge in [-0.3, -0.25) is 10.1 Å². The summed E-state index contributed by atoms with van der Waals surface area (Å²) < 4.78 is 1.58. The molecule has 0 aliphatic carbocycles. The fourth-order valence-electron chi connectivity index (χ4n) is 2.01. The number of nitrogens with zero attached hydrogens (tertiary/aromatic N) is 4. The molecule has 0 saturated carbocycles. The van der Waals surface area contributed by atoms with Crippen LogP contribution < -0.4 is 5.73 Å². The van der Waals surface area contributed by atoms with Gasteiger partial charge in [0.25, 0.3) is 5.69 Å². The van der Waals surface area contributed by atoms with Gasteiger partial charge in [0.15, 0.2) is 0 Å². The van der Waals surface area contributed by atoms with Crippen LogP contribution in [0, 0.1) is 10.1 Å².